The van der Waals surface area contributed by atoms with Crippen molar-refractivity contribution < 1.29 is 9.59 Å². The highest BCUT2D eigenvalue weighted by Crippen LogP contribution is 2.26. The summed E-state index contributed by atoms with van der Waals surface area (Å²) >= 11 is 0. The molecule has 0 aliphatic carbocycles. The number of carbonyl (C=O) groups is 2. The Hall–Kier alpha value is -1.63. The monoisotopic (exact) mass is 380 g/mol. The van der Waals surface area contributed by atoms with Gasteiger partial charge in [-0.2, -0.15) is 0 Å². The number of likely N-dealkylation sites (tertiary alicyclic amines) is 1. The summed E-state index contributed by atoms with van der Waals surface area (Å²) in [7, 11) is 0. The molecule has 0 aromatic heterocycles. The van der Waals surface area contributed by atoms with Crippen LogP contribution < -0.4 is 16.4 Å². The van der Waals surface area contributed by atoms with Crippen LogP contribution in [0.15, 0.2) is 30.3 Å². The van der Waals surface area contributed by atoms with Crippen molar-refractivity contribution in [3.05, 3.63) is 35.9 Å². The first kappa shape index (κ1) is 20.7. The third-order valence-electron chi connectivity index (χ3n) is 5.24. The number of primary amides is 1. The summed E-state index contributed by atoms with van der Waals surface area (Å²) < 4.78 is 0. The van der Waals surface area contributed by atoms with Crippen LogP contribution in [0.2, 0.25) is 0 Å². The Kier molecular flexibility index (Phi) is 7.87. The fourth-order valence-corrected chi connectivity index (χ4v) is 3.97. The van der Waals surface area contributed by atoms with Gasteiger partial charge in [-0.1, -0.05) is 30.3 Å². The van der Waals surface area contributed by atoms with E-state index < -0.39 is 6.04 Å². The second kappa shape index (κ2) is 9.90. The highest BCUT2D eigenvalue weighted by Gasteiger charge is 2.31. The first-order valence-electron chi connectivity index (χ1n) is 9.24. The van der Waals surface area contributed by atoms with E-state index in [-0.39, 0.29) is 30.3 Å². The van der Waals surface area contributed by atoms with Gasteiger partial charge in [-0.3, -0.25) is 14.5 Å². The molecule has 2 heterocycles. The highest BCUT2D eigenvalue weighted by molar-refractivity contribution is 5.85. The summed E-state index contributed by atoms with van der Waals surface area (Å²) in [4.78, 5) is 26.4. The molecule has 1 aromatic carbocycles. The molecule has 2 saturated heterocycles. The molecule has 3 rings (SSSR count). The number of nitrogens with one attached hydrogen (secondary N) is 2. The van der Waals surface area contributed by atoms with Crippen molar-refractivity contribution in [1.82, 2.24) is 15.5 Å². The zero-order chi connectivity index (χ0) is 17.6. The third kappa shape index (κ3) is 5.19. The Bertz CT molecular complexity index is 592. The van der Waals surface area contributed by atoms with E-state index in [1.54, 1.807) is 0 Å². The van der Waals surface area contributed by atoms with Crippen molar-refractivity contribution in [1.29, 1.82) is 0 Å². The number of benzene rings is 1. The van der Waals surface area contributed by atoms with Crippen LogP contribution in [0.1, 0.15) is 37.3 Å². The van der Waals surface area contributed by atoms with Crippen molar-refractivity contribution in [2.75, 3.05) is 26.2 Å². The van der Waals surface area contributed by atoms with E-state index in [9.17, 15) is 9.59 Å². The van der Waals surface area contributed by atoms with Gasteiger partial charge in [0.05, 0.1) is 6.04 Å². The second-order valence-electron chi connectivity index (χ2n) is 7.11. The Morgan fingerprint density at radius 3 is 2.65 bits per heavy atom. The van der Waals surface area contributed by atoms with Crippen molar-refractivity contribution in [2.45, 2.75) is 37.8 Å². The van der Waals surface area contributed by atoms with E-state index in [1.165, 1.54) is 0 Å². The average molecular weight is 381 g/mol. The van der Waals surface area contributed by atoms with Gasteiger partial charge in [0.15, 0.2) is 0 Å². The zero-order valence-electron chi connectivity index (χ0n) is 15.0. The molecule has 3 atom stereocenters. The predicted molar refractivity (Wildman–Crippen MR) is 104 cm³/mol. The minimum Gasteiger partial charge on any atom is -0.368 e. The summed E-state index contributed by atoms with van der Waals surface area (Å²) in [6.07, 6.45) is 4.06. The van der Waals surface area contributed by atoms with Gasteiger partial charge in [0.1, 0.15) is 6.04 Å². The standard InChI is InChI=1S/C19H28N4O2.ClH/c20-18(24)17(15-7-2-1-3-8-15)23-11-5-6-14(13-23)12-22-19(25)16-9-4-10-21-16;/h1-3,7-8,14,16-17,21H,4-6,9-13H2,(H2,20,24)(H,22,25);1H. The summed E-state index contributed by atoms with van der Waals surface area (Å²) in [6, 6.07) is 9.27. The van der Waals surface area contributed by atoms with Crippen LogP contribution in [0, 0.1) is 5.92 Å². The van der Waals surface area contributed by atoms with Gasteiger partial charge >= 0.3 is 0 Å². The molecule has 2 aliphatic rings. The van der Waals surface area contributed by atoms with Crippen LogP contribution >= 0.6 is 12.4 Å². The summed E-state index contributed by atoms with van der Waals surface area (Å²) in [5.74, 6) is 0.139. The van der Waals surface area contributed by atoms with Gasteiger partial charge < -0.3 is 16.4 Å². The molecule has 0 spiro atoms. The highest BCUT2D eigenvalue weighted by atomic mass is 35.5. The normalized spacial score (nSPS) is 24.5. The van der Waals surface area contributed by atoms with Crippen LogP contribution in [0.4, 0.5) is 0 Å². The molecule has 0 saturated carbocycles. The molecule has 144 valence electrons. The summed E-state index contributed by atoms with van der Waals surface area (Å²) in [5, 5.41) is 6.30. The second-order valence-corrected chi connectivity index (χ2v) is 7.11. The topological polar surface area (TPSA) is 87.5 Å². The number of amides is 2. The molecule has 0 bridgehead atoms. The lowest BCUT2D eigenvalue weighted by Gasteiger charge is -2.37. The van der Waals surface area contributed by atoms with E-state index in [4.69, 9.17) is 5.73 Å². The molecule has 4 N–H and O–H groups in total. The van der Waals surface area contributed by atoms with Gasteiger partial charge in [-0.15, -0.1) is 12.4 Å². The molecule has 2 amide bonds. The number of hydrogen-bond donors (Lipinski definition) is 3. The number of rotatable bonds is 6. The van der Waals surface area contributed by atoms with Gasteiger partial charge in [0, 0.05) is 13.1 Å². The number of hydrogen-bond acceptors (Lipinski definition) is 4. The molecule has 3 unspecified atom stereocenters. The molecule has 2 fully saturated rings. The number of carbonyl (C=O) groups excluding carboxylic acids is 2. The van der Waals surface area contributed by atoms with Crippen molar-refractivity contribution in [2.24, 2.45) is 11.7 Å². The lowest BCUT2D eigenvalue weighted by Crippen LogP contribution is -2.48. The number of piperidine rings is 1. The molecule has 0 radical (unpaired) electrons. The quantitative estimate of drug-likeness (QED) is 0.692. The predicted octanol–water partition coefficient (Wildman–Crippen LogP) is 1.21. The fourth-order valence-electron chi connectivity index (χ4n) is 3.97. The van der Waals surface area contributed by atoms with E-state index in [0.29, 0.717) is 12.5 Å². The Labute approximate surface area is 161 Å². The van der Waals surface area contributed by atoms with Crippen LogP contribution in [0.3, 0.4) is 0 Å². The third-order valence-corrected chi connectivity index (χ3v) is 5.24. The van der Waals surface area contributed by atoms with Crippen LogP contribution in [0.25, 0.3) is 0 Å². The van der Waals surface area contributed by atoms with Crippen molar-refractivity contribution in [3.8, 4) is 0 Å². The minimum absolute atomic E-state index is 0. The first-order chi connectivity index (χ1) is 12.1. The van der Waals surface area contributed by atoms with E-state index in [0.717, 1.165) is 50.9 Å². The minimum atomic E-state index is -0.392. The first-order valence-corrected chi connectivity index (χ1v) is 9.24. The lowest BCUT2D eigenvalue weighted by atomic mass is 9.94. The zero-order valence-corrected chi connectivity index (χ0v) is 15.8. The summed E-state index contributed by atoms with van der Waals surface area (Å²) in [5.41, 5.74) is 6.63. The largest absolute Gasteiger partial charge is 0.368 e. The fraction of sp³-hybridized carbons (Fsp3) is 0.579. The smallest absolute Gasteiger partial charge is 0.239 e. The van der Waals surface area contributed by atoms with Crippen LogP contribution in [0.5, 0.6) is 0 Å². The average Bonchev–Trinajstić information content (AvgIpc) is 3.16. The van der Waals surface area contributed by atoms with Gasteiger partial charge in [-0.25, -0.2) is 0 Å². The maximum absolute atomic E-state index is 12.2. The molecule has 2 aliphatic heterocycles. The maximum Gasteiger partial charge on any atom is 0.239 e. The number of halogens is 1. The molecule has 1 aromatic rings. The molecular weight excluding hydrogens is 352 g/mol. The summed E-state index contributed by atoms with van der Waals surface area (Å²) in [6.45, 7) is 3.22. The Morgan fingerprint density at radius 2 is 2.00 bits per heavy atom. The lowest BCUT2D eigenvalue weighted by molar-refractivity contribution is -0.125. The molecule has 26 heavy (non-hydrogen) atoms. The van der Waals surface area contributed by atoms with E-state index in [2.05, 4.69) is 15.5 Å². The molecule has 6 nitrogen and oxygen atoms in total. The van der Waals surface area contributed by atoms with E-state index in [1.807, 2.05) is 30.3 Å². The van der Waals surface area contributed by atoms with Gasteiger partial charge in [-0.05, 0) is 50.3 Å². The number of nitrogens with two attached hydrogens (primary N) is 1. The van der Waals surface area contributed by atoms with Crippen molar-refractivity contribution >= 4 is 24.2 Å². The van der Waals surface area contributed by atoms with Crippen molar-refractivity contribution in [3.63, 3.8) is 0 Å². The molecular formula is C19H29ClN4O2. The maximum atomic E-state index is 12.2. The molecule has 7 heteroatoms. The SMILES string of the molecule is Cl.NC(=O)C(c1ccccc1)N1CCCC(CNC(=O)C2CCCN2)C1. The van der Waals surface area contributed by atoms with E-state index >= 15 is 0 Å². The van der Waals surface area contributed by atoms with Gasteiger partial charge in [0.2, 0.25) is 11.8 Å². The van der Waals surface area contributed by atoms with Crippen LogP contribution in [-0.2, 0) is 9.59 Å². The van der Waals surface area contributed by atoms with Crippen LogP contribution in [-0.4, -0.2) is 48.9 Å². The Morgan fingerprint density at radius 1 is 1.23 bits per heavy atom. The number of nitrogens with zero attached hydrogens (tertiary/aromatic N) is 1. The van der Waals surface area contributed by atoms with Gasteiger partial charge in [0.25, 0.3) is 0 Å². The Balaban J connectivity index is 0.00000243.